The second-order valence-corrected chi connectivity index (χ2v) is 9.26. The van der Waals surface area contributed by atoms with E-state index < -0.39 is 22.2 Å². The number of carboxylic acid groups (broad SMARTS) is 1. The topological polar surface area (TPSA) is 77.9 Å². The van der Waals surface area contributed by atoms with Gasteiger partial charge in [0.05, 0.1) is 5.25 Å². The van der Waals surface area contributed by atoms with Gasteiger partial charge in [-0.25, -0.2) is 17.5 Å². The lowest BCUT2D eigenvalue weighted by Crippen LogP contribution is -2.57. The predicted octanol–water partition coefficient (Wildman–Crippen LogP) is 2.06. The molecule has 1 saturated carbocycles. The monoisotopic (exact) mass is 386 g/mol. The molecule has 2 aliphatic heterocycles. The van der Waals surface area contributed by atoms with E-state index in [4.69, 9.17) is 9.90 Å². The number of sulfonamides is 1. The summed E-state index contributed by atoms with van der Waals surface area (Å²) in [4.78, 5) is 11.4. The molecule has 0 aromatic carbocycles. The first kappa shape index (κ1) is 20.4. The minimum absolute atomic E-state index is 0.0457. The number of halogens is 3. The highest BCUT2D eigenvalue weighted by Gasteiger charge is 2.45. The van der Waals surface area contributed by atoms with Gasteiger partial charge in [-0.1, -0.05) is 6.42 Å². The van der Waals surface area contributed by atoms with Crippen LogP contribution in [0.2, 0.25) is 0 Å². The van der Waals surface area contributed by atoms with Crippen molar-refractivity contribution in [3.05, 3.63) is 0 Å². The van der Waals surface area contributed by atoms with Crippen LogP contribution in [0.3, 0.4) is 0 Å². The highest BCUT2D eigenvalue weighted by molar-refractivity contribution is 7.90. The zero-order chi connectivity index (χ0) is 18.9. The smallest absolute Gasteiger partial charge is 0.475 e. The number of hydrogen-bond acceptors (Lipinski definition) is 4. The number of rotatable bonds is 2. The van der Waals surface area contributed by atoms with Gasteiger partial charge in [-0.3, -0.25) is 0 Å². The zero-order valence-corrected chi connectivity index (χ0v) is 15.1. The first-order chi connectivity index (χ1) is 11.5. The van der Waals surface area contributed by atoms with Gasteiger partial charge in [0.2, 0.25) is 10.0 Å². The fourth-order valence-electron chi connectivity index (χ4n) is 3.60. The van der Waals surface area contributed by atoms with Gasteiger partial charge in [0.25, 0.3) is 0 Å². The van der Waals surface area contributed by atoms with Gasteiger partial charge in [0, 0.05) is 18.6 Å². The Balaban J connectivity index is 0.000000277. The van der Waals surface area contributed by atoms with Crippen molar-refractivity contribution in [2.75, 3.05) is 26.7 Å². The van der Waals surface area contributed by atoms with Crippen molar-refractivity contribution in [3.63, 3.8) is 0 Å². The third kappa shape index (κ3) is 4.85. The van der Waals surface area contributed by atoms with E-state index in [9.17, 15) is 21.6 Å². The van der Waals surface area contributed by atoms with Crippen LogP contribution in [-0.4, -0.2) is 72.3 Å². The second-order valence-electron chi connectivity index (χ2n) is 7.05. The molecule has 0 amide bonds. The Labute approximate surface area is 146 Å². The zero-order valence-electron chi connectivity index (χ0n) is 14.3. The van der Waals surface area contributed by atoms with Crippen molar-refractivity contribution in [3.8, 4) is 0 Å². The Kier molecular flexibility index (Phi) is 6.05. The quantitative estimate of drug-likeness (QED) is 0.786. The van der Waals surface area contributed by atoms with E-state index in [1.165, 1.54) is 25.8 Å². The Morgan fingerprint density at radius 3 is 2.00 bits per heavy atom. The lowest BCUT2D eigenvalue weighted by molar-refractivity contribution is -0.192. The van der Waals surface area contributed by atoms with Gasteiger partial charge < -0.3 is 10.0 Å². The Hall–Kier alpha value is -0.870. The SMILES string of the molecule is CN1CCCCC12CCN(S(=O)(=O)C1CC1)CC2.O=C(O)C(F)(F)F. The van der Waals surface area contributed by atoms with Gasteiger partial charge >= 0.3 is 12.1 Å². The molecule has 6 nitrogen and oxygen atoms in total. The maximum absolute atomic E-state index is 12.2. The molecule has 0 aromatic rings. The summed E-state index contributed by atoms with van der Waals surface area (Å²) >= 11 is 0. The van der Waals surface area contributed by atoms with Crippen LogP contribution in [0.1, 0.15) is 44.9 Å². The molecule has 0 aromatic heterocycles. The van der Waals surface area contributed by atoms with Gasteiger partial charge in [-0.15, -0.1) is 0 Å². The number of nitrogens with zero attached hydrogens (tertiary/aromatic N) is 2. The van der Waals surface area contributed by atoms with Crippen LogP contribution < -0.4 is 0 Å². The van der Waals surface area contributed by atoms with Crippen molar-refractivity contribution in [1.29, 1.82) is 0 Å². The molecule has 2 saturated heterocycles. The number of likely N-dealkylation sites (tertiary alicyclic amines) is 1. The summed E-state index contributed by atoms with van der Waals surface area (Å²) in [6.45, 7) is 2.65. The number of piperidine rings is 2. The van der Waals surface area contributed by atoms with E-state index in [0.29, 0.717) is 5.54 Å². The normalized spacial score (nSPS) is 25.3. The molecular weight excluding hydrogens is 361 g/mol. The number of hydrogen-bond donors (Lipinski definition) is 1. The number of carbonyl (C=O) groups is 1. The molecule has 10 heteroatoms. The molecule has 1 aliphatic carbocycles. The third-order valence-corrected chi connectivity index (χ3v) is 7.80. The third-order valence-electron chi connectivity index (χ3n) is 5.40. The molecule has 0 radical (unpaired) electrons. The van der Waals surface area contributed by atoms with Gasteiger partial charge in [0.1, 0.15) is 0 Å². The van der Waals surface area contributed by atoms with Crippen LogP contribution in [0.25, 0.3) is 0 Å². The second kappa shape index (κ2) is 7.40. The largest absolute Gasteiger partial charge is 0.490 e. The lowest BCUT2D eigenvalue weighted by atomic mass is 9.79. The summed E-state index contributed by atoms with van der Waals surface area (Å²) in [6.07, 6.45) is 2.57. The number of alkyl halides is 3. The highest BCUT2D eigenvalue weighted by Crippen LogP contribution is 2.39. The first-order valence-corrected chi connectivity index (χ1v) is 10.00. The fraction of sp³-hybridized carbons (Fsp3) is 0.933. The number of aliphatic carboxylic acids is 1. The molecule has 3 fully saturated rings. The van der Waals surface area contributed by atoms with Crippen LogP contribution in [-0.2, 0) is 14.8 Å². The van der Waals surface area contributed by atoms with E-state index in [1.807, 2.05) is 0 Å². The molecule has 146 valence electrons. The van der Waals surface area contributed by atoms with E-state index >= 15 is 0 Å². The van der Waals surface area contributed by atoms with Crippen molar-refractivity contribution in [1.82, 2.24) is 9.21 Å². The summed E-state index contributed by atoms with van der Waals surface area (Å²) < 4.78 is 57.9. The van der Waals surface area contributed by atoms with Crippen molar-refractivity contribution >= 4 is 16.0 Å². The van der Waals surface area contributed by atoms with E-state index in [-0.39, 0.29) is 5.25 Å². The summed E-state index contributed by atoms with van der Waals surface area (Å²) in [5, 5.41) is 7.08. The minimum atomic E-state index is -5.08. The molecule has 3 aliphatic rings. The van der Waals surface area contributed by atoms with Gasteiger partial charge in [0.15, 0.2) is 0 Å². The average molecular weight is 386 g/mol. The van der Waals surface area contributed by atoms with Gasteiger partial charge in [-0.05, 0) is 52.1 Å². The summed E-state index contributed by atoms with van der Waals surface area (Å²) in [7, 11) is -0.734. The molecule has 1 N–H and O–H groups in total. The maximum Gasteiger partial charge on any atom is 0.490 e. The van der Waals surface area contributed by atoms with Crippen molar-refractivity contribution in [2.45, 2.75) is 61.9 Å². The van der Waals surface area contributed by atoms with Crippen LogP contribution >= 0.6 is 0 Å². The number of carboxylic acids is 1. The Morgan fingerprint density at radius 2 is 1.60 bits per heavy atom. The molecule has 25 heavy (non-hydrogen) atoms. The summed E-state index contributed by atoms with van der Waals surface area (Å²) in [5.74, 6) is -2.76. The maximum atomic E-state index is 12.2. The molecule has 0 unspecified atom stereocenters. The molecule has 0 bridgehead atoms. The molecular formula is C15H25F3N2O4S. The lowest BCUT2D eigenvalue weighted by Gasteiger charge is -2.49. The van der Waals surface area contributed by atoms with Crippen molar-refractivity contribution < 1.29 is 31.5 Å². The molecule has 2 heterocycles. The van der Waals surface area contributed by atoms with Crippen LogP contribution in [0.4, 0.5) is 13.2 Å². The van der Waals surface area contributed by atoms with E-state index in [1.54, 1.807) is 4.31 Å². The van der Waals surface area contributed by atoms with E-state index in [0.717, 1.165) is 38.8 Å². The van der Waals surface area contributed by atoms with Crippen LogP contribution in [0.5, 0.6) is 0 Å². The minimum Gasteiger partial charge on any atom is -0.475 e. The van der Waals surface area contributed by atoms with Crippen molar-refractivity contribution in [2.24, 2.45) is 0 Å². The van der Waals surface area contributed by atoms with Gasteiger partial charge in [-0.2, -0.15) is 13.2 Å². The summed E-state index contributed by atoms with van der Waals surface area (Å²) in [6, 6.07) is 0. The molecule has 1 spiro atoms. The summed E-state index contributed by atoms with van der Waals surface area (Å²) in [5.41, 5.74) is 0.299. The predicted molar refractivity (Wildman–Crippen MR) is 85.7 cm³/mol. The Morgan fingerprint density at radius 1 is 1.08 bits per heavy atom. The Bertz CT molecular complexity index is 582. The highest BCUT2D eigenvalue weighted by atomic mass is 32.2. The van der Waals surface area contributed by atoms with E-state index in [2.05, 4.69) is 11.9 Å². The average Bonchev–Trinajstić information content (AvgIpc) is 3.36. The van der Waals surface area contributed by atoms with Crippen LogP contribution in [0.15, 0.2) is 0 Å². The molecule has 3 rings (SSSR count). The van der Waals surface area contributed by atoms with Crippen LogP contribution in [0, 0.1) is 0 Å². The fourth-order valence-corrected chi connectivity index (χ4v) is 5.44. The standard InChI is InChI=1S/C13H24N2O2S.C2HF3O2/c1-14-9-3-2-6-13(14)7-10-15(11-8-13)18(16,17)12-4-5-12;3-2(4,5)1(6)7/h12H,2-11H2,1H3;(H,6,7). The first-order valence-electron chi connectivity index (χ1n) is 8.49. The molecule has 0 atom stereocenters.